The molecule has 1 saturated heterocycles. The number of Topliss-reactive ketones (excluding diaryl/α,β-unsaturated/α-hetero) is 1. The van der Waals surface area contributed by atoms with Crippen molar-refractivity contribution < 1.29 is 28.8 Å². The second kappa shape index (κ2) is 17.9. The number of rotatable bonds is 15. The first-order chi connectivity index (χ1) is 25.6. The van der Waals surface area contributed by atoms with Crippen molar-refractivity contribution in [2.75, 3.05) is 20.1 Å². The minimum atomic E-state index is -0.997. The van der Waals surface area contributed by atoms with Gasteiger partial charge in [-0.25, -0.2) is 4.79 Å². The molecule has 5 amide bonds. The van der Waals surface area contributed by atoms with E-state index in [4.69, 9.17) is 0 Å². The Morgan fingerprint density at radius 2 is 1.61 bits per heavy atom. The van der Waals surface area contributed by atoms with Gasteiger partial charge in [0.25, 0.3) is 5.91 Å². The van der Waals surface area contributed by atoms with Gasteiger partial charge in [-0.2, -0.15) is 0 Å². The number of amides is 5. The lowest BCUT2D eigenvalue weighted by atomic mass is 9.79. The Bertz CT molecular complexity index is 1410. The van der Waals surface area contributed by atoms with Gasteiger partial charge in [0.05, 0.1) is 6.04 Å². The van der Waals surface area contributed by atoms with Crippen LogP contribution in [0.25, 0.3) is 0 Å². The lowest BCUT2D eigenvalue weighted by molar-refractivity contribution is -0.146. The van der Waals surface area contributed by atoms with Gasteiger partial charge in [0.15, 0.2) is 5.12 Å². The van der Waals surface area contributed by atoms with Gasteiger partial charge in [0.2, 0.25) is 17.6 Å². The number of fused-ring (bicyclic) bond motifs is 2. The van der Waals surface area contributed by atoms with Crippen LogP contribution < -0.4 is 16.0 Å². The smallest absolute Gasteiger partial charge is 0.318 e. The van der Waals surface area contributed by atoms with Gasteiger partial charge >= 0.3 is 6.03 Å². The monoisotopic (exact) mass is 769 g/mol. The van der Waals surface area contributed by atoms with E-state index in [2.05, 4.69) is 22.5 Å². The molecule has 11 nitrogen and oxygen atoms in total. The van der Waals surface area contributed by atoms with Crippen LogP contribution in [-0.2, 0) is 24.0 Å². The average molecular weight is 770 g/mol. The Morgan fingerprint density at radius 1 is 0.944 bits per heavy atom. The lowest BCUT2D eigenvalue weighted by Crippen LogP contribution is -2.62. The van der Waals surface area contributed by atoms with Crippen LogP contribution in [0.5, 0.6) is 0 Å². The summed E-state index contributed by atoms with van der Waals surface area (Å²) in [6, 6.07) is -2.89. The molecular formula is C42H67N5O6S. The maximum Gasteiger partial charge on any atom is 0.318 e. The van der Waals surface area contributed by atoms with Crippen LogP contribution in [0.4, 0.5) is 4.79 Å². The molecule has 12 heteroatoms. The highest BCUT2D eigenvalue weighted by Crippen LogP contribution is 2.66. The summed E-state index contributed by atoms with van der Waals surface area (Å²) >= 11 is 1.32. The zero-order valence-corrected chi connectivity index (χ0v) is 34.5. The molecule has 1 unspecified atom stereocenters. The number of nitrogens with one attached hydrogen (secondary N) is 3. The van der Waals surface area contributed by atoms with Crippen molar-refractivity contribution in [1.82, 2.24) is 25.8 Å². The molecule has 302 valence electrons. The average Bonchev–Trinajstić information content (AvgIpc) is 3.70. The molecule has 5 aliphatic rings. The number of likely N-dealkylation sites (tertiary alicyclic amines) is 1. The predicted octanol–water partition coefficient (Wildman–Crippen LogP) is 6.29. The molecule has 54 heavy (non-hydrogen) atoms. The van der Waals surface area contributed by atoms with E-state index in [1.54, 1.807) is 16.8 Å². The van der Waals surface area contributed by atoms with E-state index in [1.165, 1.54) is 17.8 Å². The minimum Gasteiger partial charge on any atom is -0.346 e. The Hall–Kier alpha value is -2.89. The van der Waals surface area contributed by atoms with E-state index < -0.39 is 35.4 Å². The second-order valence-corrected chi connectivity index (χ2v) is 20.0. The van der Waals surface area contributed by atoms with Crippen LogP contribution >= 0.6 is 11.8 Å². The largest absolute Gasteiger partial charge is 0.346 e. The fraction of sp³-hybridized carbons (Fsp3) is 0.810. The van der Waals surface area contributed by atoms with Crippen LogP contribution in [0, 0.1) is 23.2 Å². The molecule has 5 rings (SSSR count). The number of thioether (sulfide) groups is 1. The standard InChI is InChI=1S/C42H67N5O6S/c1-7-9-18-31(35(49)37(51)43-25-8-2)44-36(50)34-29-19-22-41(23-24-41)30(29)27-47(34)38(52)33(28-16-12-10-13-17-28)46(6)39(53)45-42(20-14-11-15-21-42)26-32(48)54-40(3,4)5/h8,28-31,33-34H,2,7,9-27H2,1,3-6H3,(H,43,51)(H,44,50)(H,45,53)/t29-,30-,31?,33-,34-/m0/s1. The Kier molecular flexibility index (Phi) is 14.0. The van der Waals surface area contributed by atoms with Gasteiger partial charge in [0, 0.05) is 36.8 Å². The molecule has 5 fully saturated rings. The first-order valence-electron chi connectivity index (χ1n) is 20.9. The van der Waals surface area contributed by atoms with Crippen molar-refractivity contribution in [3.05, 3.63) is 12.7 Å². The molecule has 0 aromatic carbocycles. The summed E-state index contributed by atoms with van der Waals surface area (Å²) in [6.45, 7) is 12.3. The van der Waals surface area contributed by atoms with Crippen molar-refractivity contribution in [1.29, 1.82) is 0 Å². The summed E-state index contributed by atoms with van der Waals surface area (Å²) in [5.41, 5.74) is -0.517. The third kappa shape index (κ3) is 9.91. The van der Waals surface area contributed by atoms with Gasteiger partial charge in [-0.15, -0.1) is 6.58 Å². The van der Waals surface area contributed by atoms with Crippen LogP contribution in [0.2, 0.25) is 0 Å². The number of likely N-dealkylation sites (N-methyl/N-ethyl adjacent to an activating group) is 1. The van der Waals surface area contributed by atoms with Gasteiger partial charge in [-0.05, 0) is 81.0 Å². The van der Waals surface area contributed by atoms with Crippen molar-refractivity contribution in [2.24, 2.45) is 23.2 Å². The van der Waals surface area contributed by atoms with Gasteiger partial charge < -0.3 is 25.8 Å². The van der Waals surface area contributed by atoms with Crippen LogP contribution in [0.3, 0.4) is 0 Å². The Morgan fingerprint density at radius 3 is 2.22 bits per heavy atom. The molecule has 4 aliphatic carbocycles. The number of hydrogen-bond donors (Lipinski definition) is 3. The van der Waals surface area contributed by atoms with Crippen LogP contribution in [0.1, 0.15) is 143 Å². The summed E-state index contributed by atoms with van der Waals surface area (Å²) in [7, 11) is 1.71. The second-order valence-electron chi connectivity index (χ2n) is 18.2. The summed E-state index contributed by atoms with van der Waals surface area (Å²) in [5, 5.41) is 8.90. The molecular weight excluding hydrogens is 703 g/mol. The van der Waals surface area contributed by atoms with Crippen molar-refractivity contribution >= 4 is 46.4 Å². The van der Waals surface area contributed by atoms with E-state index in [9.17, 15) is 24.0 Å². The molecule has 4 saturated carbocycles. The summed E-state index contributed by atoms with van der Waals surface area (Å²) < 4.78 is -0.233. The van der Waals surface area contributed by atoms with E-state index in [-0.39, 0.29) is 63.8 Å². The van der Waals surface area contributed by atoms with E-state index in [1.807, 2.05) is 27.7 Å². The van der Waals surface area contributed by atoms with Gasteiger partial charge in [-0.1, -0.05) is 96.9 Å². The molecule has 0 aromatic rings. The molecule has 0 aromatic heterocycles. The molecule has 5 atom stereocenters. The van der Waals surface area contributed by atoms with Crippen molar-refractivity contribution in [3.8, 4) is 0 Å². The fourth-order valence-electron chi connectivity index (χ4n) is 10.2. The zero-order chi connectivity index (χ0) is 39.3. The number of ketones is 1. The quantitative estimate of drug-likeness (QED) is 0.131. The third-order valence-corrected chi connectivity index (χ3v) is 14.1. The normalized spacial score (nSPS) is 25.6. The molecule has 1 aliphatic heterocycles. The predicted molar refractivity (Wildman–Crippen MR) is 212 cm³/mol. The fourth-order valence-corrected chi connectivity index (χ4v) is 11.3. The maximum absolute atomic E-state index is 15.2. The first-order valence-corrected chi connectivity index (χ1v) is 21.8. The Labute approximate surface area is 327 Å². The zero-order valence-electron chi connectivity index (χ0n) is 33.6. The lowest BCUT2D eigenvalue weighted by Gasteiger charge is -2.43. The molecule has 0 bridgehead atoms. The third-order valence-electron chi connectivity index (χ3n) is 13.1. The summed E-state index contributed by atoms with van der Waals surface area (Å²) in [5.74, 6) is -1.97. The molecule has 1 spiro atoms. The highest BCUT2D eigenvalue weighted by atomic mass is 32.2. The summed E-state index contributed by atoms with van der Waals surface area (Å²) in [4.78, 5) is 86.9. The minimum absolute atomic E-state index is 0.0454. The van der Waals surface area contributed by atoms with Crippen LogP contribution in [-0.4, -0.2) is 93.0 Å². The van der Waals surface area contributed by atoms with Crippen molar-refractivity contribution in [3.63, 3.8) is 0 Å². The number of nitrogens with zero attached hydrogens (tertiary/aromatic N) is 2. The maximum atomic E-state index is 15.2. The van der Waals surface area contributed by atoms with E-state index in [0.717, 1.165) is 83.5 Å². The molecule has 1 heterocycles. The number of urea groups is 1. The topological polar surface area (TPSA) is 145 Å². The van der Waals surface area contributed by atoms with E-state index in [0.29, 0.717) is 32.2 Å². The molecule has 3 N–H and O–H groups in total. The first kappa shape index (κ1) is 42.3. The van der Waals surface area contributed by atoms with E-state index >= 15 is 4.79 Å². The summed E-state index contributed by atoms with van der Waals surface area (Å²) in [6.07, 6.45) is 16.6. The number of carbonyl (C=O) groups excluding carboxylic acids is 6. The highest BCUT2D eigenvalue weighted by molar-refractivity contribution is 8.14. The Balaban J connectivity index is 1.42. The number of carbonyl (C=O) groups is 6. The van der Waals surface area contributed by atoms with Crippen molar-refractivity contribution in [2.45, 2.75) is 172 Å². The SMILES string of the molecule is C=CCNC(=O)C(=O)C(CCCC)NC(=O)[C@@H]1[C@H]2CCC3(CC3)[C@H]2CN1C(=O)[C@H](C1CCCCC1)N(C)C(=O)NC1(CC(=O)SC(C)(C)C)CCCCC1. The van der Waals surface area contributed by atoms with Crippen LogP contribution in [0.15, 0.2) is 12.7 Å². The number of hydrogen-bond acceptors (Lipinski definition) is 7. The van der Waals surface area contributed by atoms with Gasteiger partial charge in [0.1, 0.15) is 12.1 Å². The highest BCUT2D eigenvalue weighted by Gasteiger charge is 2.64. The van der Waals surface area contributed by atoms with Gasteiger partial charge in [-0.3, -0.25) is 24.0 Å². The molecule has 0 radical (unpaired) electrons. The number of unbranched alkanes of at least 4 members (excludes halogenated alkanes) is 1.